The van der Waals surface area contributed by atoms with Crippen molar-refractivity contribution < 1.29 is 4.79 Å². The fraction of sp³-hybridized carbons (Fsp3) is 0.222. The number of fused-ring (bicyclic) bond motifs is 1. The molecule has 0 bridgehead atoms. The first kappa shape index (κ1) is 14.0. The molecule has 23 heavy (non-hydrogen) atoms. The van der Waals surface area contributed by atoms with Crippen molar-refractivity contribution in [3.8, 4) is 5.69 Å². The van der Waals surface area contributed by atoms with Gasteiger partial charge < -0.3 is 10.2 Å². The largest absolute Gasteiger partial charge is 0.355 e. The monoisotopic (exact) mass is 306 g/mol. The number of para-hydroxylation sites is 1. The van der Waals surface area contributed by atoms with Crippen LogP contribution in [-0.4, -0.2) is 42.0 Å². The van der Waals surface area contributed by atoms with Crippen molar-refractivity contribution in [1.29, 1.82) is 0 Å². The van der Waals surface area contributed by atoms with Crippen LogP contribution in [0.2, 0.25) is 0 Å². The molecule has 5 heteroatoms. The number of pyridine rings is 1. The predicted molar refractivity (Wildman–Crippen MR) is 91.5 cm³/mol. The summed E-state index contributed by atoms with van der Waals surface area (Å²) in [6.07, 6.45) is 4.58. The van der Waals surface area contributed by atoms with Gasteiger partial charge >= 0.3 is 0 Å². The Hall–Kier alpha value is -2.66. The van der Waals surface area contributed by atoms with Gasteiger partial charge in [-0.25, -0.2) is 0 Å². The number of nitrogens with zero attached hydrogens (tertiary/aromatic N) is 3. The van der Waals surface area contributed by atoms with Gasteiger partial charge in [0.15, 0.2) is 6.29 Å². The van der Waals surface area contributed by atoms with Crippen LogP contribution in [0.4, 0.5) is 5.82 Å². The molecule has 5 nitrogen and oxygen atoms in total. The molecule has 1 N–H and O–H groups in total. The molecule has 3 heterocycles. The predicted octanol–water partition coefficient (Wildman–Crippen LogP) is 2.25. The highest BCUT2D eigenvalue weighted by molar-refractivity contribution is 6.05. The SMILES string of the molecule is O=Cc1c(N2CCNCC2)n(-c2cccnc2)c2ccccc12. The third kappa shape index (κ3) is 2.29. The number of carbonyl (C=O) groups excluding carboxylic acids is 1. The van der Waals surface area contributed by atoms with Crippen LogP contribution < -0.4 is 10.2 Å². The first-order valence-electron chi connectivity index (χ1n) is 7.85. The van der Waals surface area contributed by atoms with Crippen molar-refractivity contribution in [2.24, 2.45) is 0 Å². The number of hydrogen-bond donors (Lipinski definition) is 1. The second-order valence-electron chi connectivity index (χ2n) is 5.66. The minimum Gasteiger partial charge on any atom is -0.355 e. The number of anilines is 1. The van der Waals surface area contributed by atoms with Gasteiger partial charge in [-0.15, -0.1) is 0 Å². The molecule has 0 saturated carbocycles. The number of rotatable bonds is 3. The summed E-state index contributed by atoms with van der Waals surface area (Å²) in [5.74, 6) is 0.968. The number of nitrogens with one attached hydrogen (secondary N) is 1. The number of piperazine rings is 1. The average Bonchev–Trinajstić information content (AvgIpc) is 2.97. The van der Waals surface area contributed by atoms with E-state index >= 15 is 0 Å². The Morgan fingerprint density at radius 2 is 1.91 bits per heavy atom. The minimum absolute atomic E-state index is 0.756. The molecule has 1 saturated heterocycles. The highest BCUT2D eigenvalue weighted by Gasteiger charge is 2.23. The zero-order chi connectivity index (χ0) is 15.6. The fourth-order valence-electron chi connectivity index (χ4n) is 3.30. The van der Waals surface area contributed by atoms with Gasteiger partial charge in [-0.3, -0.25) is 14.3 Å². The summed E-state index contributed by atoms with van der Waals surface area (Å²) in [7, 11) is 0. The second-order valence-corrected chi connectivity index (χ2v) is 5.66. The molecule has 0 amide bonds. The molecule has 1 fully saturated rings. The smallest absolute Gasteiger partial charge is 0.154 e. The maximum absolute atomic E-state index is 11.9. The molecular formula is C18H18N4O. The Labute approximate surface area is 134 Å². The van der Waals surface area contributed by atoms with E-state index in [1.54, 1.807) is 6.20 Å². The van der Waals surface area contributed by atoms with Gasteiger partial charge in [-0.05, 0) is 18.2 Å². The molecule has 1 aromatic carbocycles. The molecule has 0 spiro atoms. The highest BCUT2D eigenvalue weighted by atomic mass is 16.1. The molecule has 0 aliphatic carbocycles. The molecule has 4 rings (SSSR count). The second kappa shape index (κ2) is 5.85. The molecule has 3 aromatic rings. The number of aromatic nitrogens is 2. The molecule has 1 aliphatic heterocycles. The fourth-order valence-corrected chi connectivity index (χ4v) is 3.30. The maximum atomic E-state index is 11.9. The van der Waals surface area contributed by atoms with Crippen LogP contribution in [0.15, 0.2) is 48.8 Å². The lowest BCUT2D eigenvalue weighted by molar-refractivity contribution is 0.112. The molecule has 2 aromatic heterocycles. The third-order valence-electron chi connectivity index (χ3n) is 4.33. The topological polar surface area (TPSA) is 50.2 Å². The van der Waals surface area contributed by atoms with E-state index in [4.69, 9.17) is 0 Å². The standard InChI is InChI=1S/C18H18N4O/c23-13-16-15-5-1-2-6-17(15)22(14-4-3-7-20-12-14)18(16)21-10-8-19-9-11-21/h1-7,12-13,19H,8-11H2. The minimum atomic E-state index is 0.756. The first-order chi connectivity index (χ1) is 11.4. The maximum Gasteiger partial charge on any atom is 0.154 e. The number of aldehydes is 1. The first-order valence-corrected chi connectivity index (χ1v) is 7.85. The van der Waals surface area contributed by atoms with Crippen molar-refractivity contribution in [3.63, 3.8) is 0 Å². The van der Waals surface area contributed by atoms with Gasteiger partial charge in [-0.2, -0.15) is 0 Å². The van der Waals surface area contributed by atoms with Crippen LogP contribution in [-0.2, 0) is 0 Å². The normalized spacial score (nSPS) is 15.0. The summed E-state index contributed by atoms with van der Waals surface area (Å²) in [5, 5.41) is 4.35. The van der Waals surface area contributed by atoms with Gasteiger partial charge in [0.1, 0.15) is 5.82 Å². The van der Waals surface area contributed by atoms with Crippen LogP contribution in [0.1, 0.15) is 10.4 Å². The summed E-state index contributed by atoms with van der Waals surface area (Å²) < 4.78 is 2.15. The lowest BCUT2D eigenvalue weighted by atomic mass is 10.2. The van der Waals surface area contributed by atoms with Crippen LogP contribution in [0.3, 0.4) is 0 Å². The summed E-state index contributed by atoms with van der Waals surface area (Å²) in [6.45, 7) is 3.62. The number of hydrogen-bond acceptors (Lipinski definition) is 4. The van der Waals surface area contributed by atoms with Crippen LogP contribution >= 0.6 is 0 Å². The van der Waals surface area contributed by atoms with Crippen molar-refractivity contribution in [2.45, 2.75) is 0 Å². The van der Waals surface area contributed by atoms with E-state index in [0.717, 1.165) is 60.4 Å². The lowest BCUT2D eigenvalue weighted by Gasteiger charge is -2.31. The summed E-state index contributed by atoms with van der Waals surface area (Å²) in [4.78, 5) is 18.4. The van der Waals surface area contributed by atoms with Crippen molar-refractivity contribution >= 4 is 23.0 Å². The van der Waals surface area contributed by atoms with E-state index in [1.165, 1.54) is 0 Å². The Morgan fingerprint density at radius 1 is 1.09 bits per heavy atom. The van der Waals surface area contributed by atoms with E-state index in [1.807, 2.05) is 36.5 Å². The Bertz CT molecular complexity index is 835. The zero-order valence-corrected chi connectivity index (χ0v) is 12.8. The Balaban J connectivity index is 2.03. The zero-order valence-electron chi connectivity index (χ0n) is 12.8. The van der Waals surface area contributed by atoms with E-state index < -0.39 is 0 Å². The van der Waals surface area contributed by atoms with E-state index in [-0.39, 0.29) is 0 Å². The van der Waals surface area contributed by atoms with Crippen LogP contribution in [0, 0.1) is 0 Å². The van der Waals surface area contributed by atoms with Crippen LogP contribution in [0.5, 0.6) is 0 Å². The summed E-state index contributed by atoms with van der Waals surface area (Å²) >= 11 is 0. The molecule has 0 radical (unpaired) electrons. The van der Waals surface area contributed by atoms with Gasteiger partial charge in [0.25, 0.3) is 0 Å². The van der Waals surface area contributed by atoms with Gasteiger partial charge in [0, 0.05) is 37.8 Å². The number of benzene rings is 1. The van der Waals surface area contributed by atoms with Gasteiger partial charge in [-0.1, -0.05) is 18.2 Å². The Kier molecular flexibility index (Phi) is 3.55. The van der Waals surface area contributed by atoms with Crippen molar-refractivity contribution in [1.82, 2.24) is 14.9 Å². The molecule has 0 atom stereocenters. The van der Waals surface area contributed by atoms with Gasteiger partial charge in [0.05, 0.1) is 23.0 Å². The molecule has 1 aliphatic rings. The Morgan fingerprint density at radius 3 is 2.65 bits per heavy atom. The highest BCUT2D eigenvalue weighted by Crippen LogP contribution is 2.34. The van der Waals surface area contributed by atoms with Crippen molar-refractivity contribution in [2.75, 3.05) is 31.1 Å². The molecular weight excluding hydrogens is 288 g/mol. The molecule has 116 valence electrons. The number of carbonyl (C=O) groups is 1. The lowest BCUT2D eigenvalue weighted by Crippen LogP contribution is -2.44. The average molecular weight is 306 g/mol. The summed E-state index contributed by atoms with van der Waals surface area (Å²) in [6, 6.07) is 12.0. The van der Waals surface area contributed by atoms with Gasteiger partial charge in [0.2, 0.25) is 0 Å². The quantitative estimate of drug-likeness (QED) is 0.754. The van der Waals surface area contributed by atoms with Crippen LogP contribution in [0.25, 0.3) is 16.6 Å². The van der Waals surface area contributed by atoms with E-state index in [2.05, 4.69) is 25.8 Å². The van der Waals surface area contributed by atoms with E-state index in [0.29, 0.717) is 0 Å². The molecule has 0 unspecified atom stereocenters. The van der Waals surface area contributed by atoms with Crippen molar-refractivity contribution in [3.05, 3.63) is 54.4 Å². The third-order valence-corrected chi connectivity index (χ3v) is 4.33. The summed E-state index contributed by atoms with van der Waals surface area (Å²) in [5.41, 5.74) is 2.77. The van der Waals surface area contributed by atoms with E-state index in [9.17, 15) is 4.79 Å².